The minimum atomic E-state index is -1.41. The Morgan fingerprint density at radius 3 is 2.00 bits per heavy atom. The fourth-order valence-corrected chi connectivity index (χ4v) is 4.16. The molecule has 4 aromatic rings. The third kappa shape index (κ3) is 1.61. The van der Waals surface area contributed by atoms with Gasteiger partial charge in [-0.3, -0.25) is 0 Å². The lowest BCUT2D eigenvalue weighted by Gasteiger charge is -2.35. The van der Waals surface area contributed by atoms with Crippen molar-refractivity contribution >= 4 is 32.3 Å². The predicted molar refractivity (Wildman–Crippen MR) is 92.1 cm³/mol. The molecule has 0 radical (unpaired) electrons. The van der Waals surface area contributed by atoms with Crippen molar-refractivity contribution in [3.05, 3.63) is 59.7 Å². The van der Waals surface area contributed by atoms with E-state index in [-0.39, 0.29) is 0 Å². The first-order valence-corrected chi connectivity index (χ1v) is 8.00. The van der Waals surface area contributed by atoms with Gasteiger partial charge >= 0.3 is 0 Å². The average molecular weight is 324 g/mol. The van der Waals surface area contributed by atoms with Gasteiger partial charge < -0.3 is 20.4 Å². The number of aliphatic hydroxyl groups excluding tert-OH is 4. The lowest BCUT2D eigenvalue weighted by atomic mass is 9.91. The average Bonchev–Trinajstić information content (AvgIpc) is 2.62. The molecule has 4 N–H and O–H groups in total. The standard InChI is InChI=1S/C20H16O4/c21-17-13-8-11-5-4-9-2-1-3-10-6-7-12(15(11)14(9)10)16(13)18(22)20(24)19(17)23/h1-8,17-24H/t17-,18-,19+,20-/m1/s1/i17+1,18+1,19+1,20+1. The van der Waals surface area contributed by atoms with Crippen molar-refractivity contribution in [2.45, 2.75) is 24.4 Å². The summed E-state index contributed by atoms with van der Waals surface area (Å²) in [6.45, 7) is 0. The molecular weight excluding hydrogens is 308 g/mol. The Hall–Kier alpha value is -2.24. The predicted octanol–water partition coefficient (Wildman–Crippen LogP) is 2.39. The maximum Gasteiger partial charge on any atom is 0.113 e. The van der Waals surface area contributed by atoms with E-state index in [0.29, 0.717) is 11.1 Å². The molecule has 0 saturated heterocycles. The van der Waals surface area contributed by atoms with E-state index >= 15 is 0 Å². The van der Waals surface area contributed by atoms with E-state index in [9.17, 15) is 20.4 Å². The Kier molecular flexibility index (Phi) is 2.74. The molecule has 4 aromatic carbocycles. The van der Waals surface area contributed by atoms with Crippen LogP contribution in [0.4, 0.5) is 0 Å². The zero-order valence-corrected chi connectivity index (χ0v) is 12.7. The summed E-state index contributed by atoms with van der Waals surface area (Å²) >= 11 is 0. The molecular formula is C20H16O4. The minimum absolute atomic E-state index is 0.478. The van der Waals surface area contributed by atoms with Crippen LogP contribution < -0.4 is 0 Å². The second-order valence-corrected chi connectivity index (χ2v) is 6.61. The summed E-state index contributed by atoms with van der Waals surface area (Å²) in [6, 6.07) is 15.8. The molecule has 1 aliphatic rings. The molecule has 120 valence electrons. The van der Waals surface area contributed by atoms with Crippen LogP contribution in [-0.4, -0.2) is 32.6 Å². The van der Waals surface area contributed by atoms with Gasteiger partial charge in [0.25, 0.3) is 0 Å². The van der Waals surface area contributed by atoms with Gasteiger partial charge in [-0.2, -0.15) is 0 Å². The summed E-state index contributed by atoms with van der Waals surface area (Å²) in [6.07, 6.45) is -5.27. The van der Waals surface area contributed by atoms with Gasteiger partial charge in [0.2, 0.25) is 0 Å². The van der Waals surface area contributed by atoms with E-state index in [1.807, 2.05) is 48.5 Å². The summed E-state index contributed by atoms with van der Waals surface area (Å²) in [7, 11) is 0. The Morgan fingerprint density at radius 1 is 0.625 bits per heavy atom. The van der Waals surface area contributed by atoms with E-state index in [1.165, 1.54) is 0 Å². The van der Waals surface area contributed by atoms with Crippen molar-refractivity contribution in [2.75, 3.05) is 0 Å². The first kappa shape index (κ1) is 14.1. The third-order valence-corrected chi connectivity index (χ3v) is 5.33. The second kappa shape index (κ2) is 4.65. The Bertz CT molecular complexity index is 1070. The Morgan fingerprint density at radius 2 is 1.25 bits per heavy atom. The van der Waals surface area contributed by atoms with Crippen LogP contribution >= 0.6 is 0 Å². The lowest BCUT2D eigenvalue weighted by Crippen LogP contribution is -2.41. The molecule has 0 unspecified atom stereocenters. The molecule has 0 saturated carbocycles. The van der Waals surface area contributed by atoms with Gasteiger partial charge in [-0.05, 0) is 49.5 Å². The van der Waals surface area contributed by atoms with Crippen LogP contribution in [0.1, 0.15) is 23.3 Å². The van der Waals surface area contributed by atoms with Crippen LogP contribution in [0.15, 0.2) is 48.5 Å². The second-order valence-electron chi connectivity index (χ2n) is 6.61. The maximum absolute atomic E-state index is 10.5. The van der Waals surface area contributed by atoms with Crippen LogP contribution in [0, 0.1) is 0 Å². The number of hydrogen-bond acceptors (Lipinski definition) is 4. The normalized spacial score (nSPS) is 27.2. The molecule has 0 aromatic heterocycles. The molecule has 0 amide bonds. The molecule has 5 rings (SSSR count). The number of fused-ring (bicyclic) bond motifs is 2. The van der Waals surface area contributed by atoms with Crippen molar-refractivity contribution in [3.8, 4) is 0 Å². The SMILES string of the molecule is O[13C@@H]1[13C@H](O)[13C@H](O)c2c(cc3ccc4cccc5ccc2c3c45)[13C@H]1O. The third-order valence-electron chi connectivity index (χ3n) is 5.33. The molecule has 0 heterocycles. The van der Waals surface area contributed by atoms with E-state index in [0.717, 1.165) is 32.3 Å². The van der Waals surface area contributed by atoms with E-state index in [2.05, 4.69) is 0 Å². The Balaban J connectivity index is 2.01. The van der Waals surface area contributed by atoms with Crippen LogP contribution in [0.5, 0.6) is 0 Å². The van der Waals surface area contributed by atoms with Crippen LogP contribution in [0.2, 0.25) is 0 Å². The number of hydrogen-bond donors (Lipinski definition) is 4. The number of aliphatic hydroxyl groups is 4. The number of rotatable bonds is 0. The smallest absolute Gasteiger partial charge is 0.113 e. The van der Waals surface area contributed by atoms with Crippen molar-refractivity contribution < 1.29 is 20.4 Å². The molecule has 4 nitrogen and oxygen atoms in total. The van der Waals surface area contributed by atoms with E-state index in [4.69, 9.17) is 0 Å². The summed E-state index contributed by atoms with van der Waals surface area (Å²) in [5, 5.41) is 47.1. The van der Waals surface area contributed by atoms with E-state index in [1.54, 1.807) is 0 Å². The zero-order valence-electron chi connectivity index (χ0n) is 12.7. The van der Waals surface area contributed by atoms with Crippen molar-refractivity contribution in [1.82, 2.24) is 0 Å². The van der Waals surface area contributed by atoms with Crippen LogP contribution in [0.3, 0.4) is 0 Å². The largest absolute Gasteiger partial charge is 0.387 e. The molecule has 0 spiro atoms. The fraction of sp³-hybridized carbons (Fsp3) is 0.200. The van der Waals surface area contributed by atoms with Gasteiger partial charge in [0.15, 0.2) is 0 Å². The summed E-state index contributed by atoms with van der Waals surface area (Å²) in [5.74, 6) is 0. The molecule has 0 fully saturated rings. The van der Waals surface area contributed by atoms with Crippen molar-refractivity contribution in [3.63, 3.8) is 0 Å². The quantitative estimate of drug-likeness (QED) is 0.296. The summed E-state index contributed by atoms with van der Waals surface area (Å²) in [5.41, 5.74) is 0.984. The lowest BCUT2D eigenvalue weighted by molar-refractivity contribution is -0.119. The van der Waals surface area contributed by atoms with Gasteiger partial charge in [-0.25, -0.2) is 0 Å². The highest BCUT2D eigenvalue weighted by atomic mass is 16.5. The highest BCUT2D eigenvalue weighted by Gasteiger charge is 2.41. The van der Waals surface area contributed by atoms with E-state index < -0.39 is 24.4 Å². The van der Waals surface area contributed by atoms with Gasteiger partial charge in [0.1, 0.15) is 24.4 Å². The molecule has 1 aliphatic carbocycles. The van der Waals surface area contributed by atoms with Crippen LogP contribution in [-0.2, 0) is 0 Å². The first-order chi connectivity index (χ1) is 11.6. The molecule has 0 aliphatic heterocycles. The van der Waals surface area contributed by atoms with Gasteiger partial charge in [-0.15, -0.1) is 0 Å². The zero-order chi connectivity index (χ0) is 16.6. The molecule has 24 heavy (non-hydrogen) atoms. The highest BCUT2D eigenvalue weighted by Crippen LogP contribution is 2.45. The monoisotopic (exact) mass is 324 g/mol. The van der Waals surface area contributed by atoms with Crippen molar-refractivity contribution in [2.24, 2.45) is 0 Å². The van der Waals surface area contributed by atoms with Gasteiger partial charge in [0.05, 0.1) is 0 Å². The van der Waals surface area contributed by atoms with Gasteiger partial charge in [0, 0.05) is 0 Å². The Labute approximate surface area is 137 Å². The topological polar surface area (TPSA) is 80.9 Å². The summed E-state index contributed by atoms with van der Waals surface area (Å²) < 4.78 is 0. The van der Waals surface area contributed by atoms with Crippen LogP contribution in [0.25, 0.3) is 32.3 Å². The molecule has 4 heteroatoms. The highest BCUT2D eigenvalue weighted by molar-refractivity contribution is 6.23. The minimum Gasteiger partial charge on any atom is -0.387 e. The molecule has 0 bridgehead atoms. The summed E-state index contributed by atoms with van der Waals surface area (Å²) in [4.78, 5) is 0. The first-order valence-electron chi connectivity index (χ1n) is 8.00. The molecule has 4 atom stereocenters. The fourth-order valence-electron chi connectivity index (χ4n) is 4.16. The van der Waals surface area contributed by atoms with Crippen molar-refractivity contribution in [1.29, 1.82) is 0 Å². The maximum atomic E-state index is 10.5. The van der Waals surface area contributed by atoms with Gasteiger partial charge in [-0.1, -0.05) is 42.5 Å². The number of benzene rings is 4.